The van der Waals surface area contributed by atoms with Crippen LogP contribution in [0.4, 0.5) is 5.69 Å². The van der Waals surface area contributed by atoms with E-state index in [0.717, 1.165) is 13.1 Å². The molecule has 0 radical (unpaired) electrons. The maximum absolute atomic E-state index is 3.49. The lowest BCUT2D eigenvalue weighted by Gasteiger charge is -2.14. The molecular weight excluding hydrogens is 332 g/mol. The van der Waals surface area contributed by atoms with Crippen LogP contribution < -0.4 is 5.32 Å². The lowest BCUT2D eigenvalue weighted by atomic mass is 10.2. The lowest BCUT2D eigenvalue weighted by Crippen LogP contribution is -2.18. The van der Waals surface area contributed by atoms with Gasteiger partial charge in [0.1, 0.15) is 0 Å². The Labute approximate surface area is 132 Å². The molecule has 0 saturated carbocycles. The molecule has 1 saturated heterocycles. The van der Waals surface area contributed by atoms with Gasteiger partial charge in [0.2, 0.25) is 0 Å². The van der Waals surface area contributed by atoms with E-state index < -0.39 is 0 Å². The quantitative estimate of drug-likeness (QED) is 0.839. The van der Waals surface area contributed by atoms with Crippen LogP contribution in [0.5, 0.6) is 0 Å². The van der Waals surface area contributed by atoms with Crippen LogP contribution in [-0.2, 0) is 13.1 Å². The lowest BCUT2D eigenvalue weighted by molar-refractivity contribution is 0.331. The van der Waals surface area contributed by atoms with Crippen molar-refractivity contribution >= 4 is 33.0 Å². The van der Waals surface area contributed by atoms with Crippen LogP contribution in [0.25, 0.3) is 0 Å². The summed E-state index contributed by atoms with van der Waals surface area (Å²) in [5, 5.41) is 5.59. The summed E-state index contributed by atoms with van der Waals surface area (Å²) in [4.78, 5) is 3.88. The summed E-state index contributed by atoms with van der Waals surface area (Å²) < 4.78 is 1.17. The summed E-state index contributed by atoms with van der Waals surface area (Å²) in [5.41, 5.74) is 2.61. The van der Waals surface area contributed by atoms with Gasteiger partial charge >= 0.3 is 0 Å². The SMILES string of the molecule is Brc1csc(CNc2ccc(CN3CCCC3)cc2)c1. The minimum atomic E-state index is 0.891. The predicted octanol–water partition coefficient (Wildman–Crippen LogP) is 4.72. The van der Waals surface area contributed by atoms with Gasteiger partial charge in [-0.1, -0.05) is 12.1 Å². The second-order valence-electron chi connectivity index (χ2n) is 5.26. The van der Waals surface area contributed by atoms with Crippen molar-refractivity contribution < 1.29 is 0 Å². The molecule has 2 nitrogen and oxygen atoms in total. The molecule has 3 rings (SSSR count). The number of nitrogens with zero attached hydrogens (tertiary/aromatic N) is 1. The van der Waals surface area contributed by atoms with Crippen LogP contribution in [0.2, 0.25) is 0 Å². The number of likely N-dealkylation sites (tertiary alicyclic amines) is 1. The molecule has 0 bridgehead atoms. The van der Waals surface area contributed by atoms with Crippen LogP contribution in [0, 0.1) is 0 Å². The molecule has 0 atom stereocenters. The number of thiophene rings is 1. The van der Waals surface area contributed by atoms with E-state index in [0.29, 0.717) is 0 Å². The summed E-state index contributed by atoms with van der Waals surface area (Å²) >= 11 is 5.26. The van der Waals surface area contributed by atoms with Crippen molar-refractivity contribution in [1.29, 1.82) is 0 Å². The van der Waals surface area contributed by atoms with Crippen LogP contribution in [0.3, 0.4) is 0 Å². The molecular formula is C16H19BrN2S. The third-order valence-electron chi connectivity index (χ3n) is 3.65. The van der Waals surface area contributed by atoms with Gasteiger partial charge in [-0.15, -0.1) is 11.3 Å². The van der Waals surface area contributed by atoms with Crippen LogP contribution in [0.15, 0.2) is 40.2 Å². The van der Waals surface area contributed by atoms with Gasteiger partial charge in [0.05, 0.1) is 0 Å². The third kappa shape index (κ3) is 3.84. The first-order valence-electron chi connectivity index (χ1n) is 7.08. The second kappa shape index (κ2) is 6.74. The summed E-state index contributed by atoms with van der Waals surface area (Å²) in [6.07, 6.45) is 2.71. The number of hydrogen-bond donors (Lipinski definition) is 1. The van der Waals surface area contributed by atoms with Gasteiger partial charge in [0.15, 0.2) is 0 Å². The number of anilines is 1. The number of halogens is 1. The maximum atomic E-state index is 3.49. The third-order valence-corrected chi connectivity index (χ3v) is 5.34. The molecule has 4 heteroatoms. The van der Waals surface area contributed by atoms with Gasteiger partial charge in [-0.05, 0) is 65.6 Å². The van der Waals surface area contributed by atoms with Crippen molar-refractivity contribution in [1.82, 2.24) is 4.90 Å². The topological polar surface area (TPSA) is 15.3 Å². The van der Waals surface area contributed by atoms with Crippen LogP contribution in [0.1, 0.15) is 23.3 Å². The fourth-order valence-electron chi connectivity index (χ4n) is 2.56. The molecule has 2 aromatic rings. The van der Waals surface area contributed by atoms with Crippen molar-refractivity contribution in [2.24, 2.45) is 0 Å². The van der Waals surface area contributed by atoms with E-state index in [1.807, 2.05) is 0 Å². The van der Waals surface area contributed by atoms with Gasteiger partial charge < -0.3 is 5.32 Å². The maximum Gasteiger partial charge on any atom is 0.0494 e. The first kappa shape index (κ1) is 14.1. The molecule has 1 aliphatic rings. The Morgan fingerprint density at radius 3 is 2.55 bits per heavy atom. The summed E-state index contributed by atoms with van der Waals surface area (Å²) in [6, 6.07) is 11.0. The molecule has 1 fully saturated rings. The Balaban J connectivity index is 1.52. The van der Waals surface area contributed by atoms with Gasteiger partial charge in [0.25, 0.3) is 0 Å². The number of nitrogens with one attached hydrogen (secondary N) is 1. The fraction of sp³-hybridized carbons (Fsp3) is 0.375. The molecule has 1 aromatic carbocycles. The molecule has 0 unspecified atom stereocenters. The van der Waals surface area contributed by atoms with Crippen molar-refractivity contribution in [3.63, 3.8) is 0 Å². The van der Waals surface area contributed by atoms with E-state index in [4.69, 9.17) is 0 Å². The summed E-state index contributed by atoms with van der Waals surface area (Å²) in [5.74, 6) is 0. The molecule has 0 amide bonds. The minimum absolute atomic E-state index is 0.891. The van der Waals surface area contributed by atoms with Crippen molar-refractivity contribution in [2.45, 2.75) is 25.9 Å². The van der Waals surface area contributed by atoms with Gasteiger partial charge in [-0.2, -0.15) is 0 Å². The number of rotatable bonds is 5. The number of benzene rings is 1. The van der Waals surface area contributed by atoms with Gasteiger partial charge in [-0.25, -0.2) is 0 Å². The molecule has 20 heavy (non-hydrogen) atoms. The van der Waals surface area contributed by atoms with Crippen molar-refractivity contribution in [3.8, 4) is 0 Å². The Bertz CT molecular complexity index is 544. The van der Waals surface area contributed by atoms with Crippen LogP contribution in [-0.4, -0.2) is 18.0 Å². The van der Waals surface area contributed by atoms with Gasteiger partial charge in [0, 0.05) is 33.5 Å². The number of hydrogen-bond acceptors (Lipinski definition) is 3. The normalized spacial score (nSPS) is 15.7. The molecule has 1 aliphatic heterocycles. The fourth-order valence-corrected chi connectivity index (χ4v) is 3.95. The van der Waals surface area contributed by atoms with Crippen molar-refractivity contribution in [2.75, 3.05) is 18.4 Å². The average molecular weight is 351 g/mol. The monoisotopic (exact) mass is 350 g/mol. The Kier molecular flexibility index (Phi) is 4.76. The predicted molar refractivity (Wildman–Crippen MR) is 90.3 cm³/mol. The summed E-state index contributed by atoms with van der Waals surface area (Å²) in [7, 11) is 0. The van der Waals surface area contributed by atoms with E-state index >= 15 is 0 Å². The van der Waals surface area contributed by atoms with E-state index in [1.54, 1.807) is 11.3 Å². The van der Waals surface area contributed by atoms with Crippen molar-refractivity contribution in [3.05, 3.63) is 50.6 Å². The Morgan fingerprint density at radius 2 is 1.90 bits per heavy atom. The Morgan fingerprint density at radius 1 is 1.15 bits per heavy atom. The highest BCUT2D eigenvalue weighted by Gasteiger charge is 2.11. The molecule has 0 spiro atoms. The highest BCUT2D eigenvalue weighted by atomic mass is 79.9. The van der Waals surface area contributed by atoms with Gasteiger partial charge in [-0.3, -0.25) is 4.90 Å². The molecule has 0 aliphatic carbocycles. The van der Waals surface area contributed by atoms with E-state index in [1.165, 1.54) is 46.5 Å². The van der Waals surface area contributed by atoms with E-state index in [-0.39, 0.29) is 0 Å². The molecule has 1 aromatic heterocycles. The largest absolute Gasteiger partial charge is 0.380 e. The zero-order valence-corrected chi connectivity index (χ0v) is 13.8. The Hall–Kier alpha value is -0.840. The molecule has 1 N–H and O–H groups in total. The van der Waals surface area contributed by atoms with Crippen LogP contribution >= 0.6 is 27.3 Å². The minimum Gasteiger partial charge on any atom is -0.380 e. The molecule has 106 valence electrons. The highest BCUT2D eigenvalue weighted by Crippen LogP contribution is 2.21. The molecule has 2 heterocycles. The zero-order chi connectivity index (χ0) is 13.8. The second-order valence-corrected chi connectivity index (χ2v) is 7.18. The standard InChI is InChI=1S/C16H19BrN2S/c17-14-9-16(20-12-14)10-18-15-5-3-13(4-6-15)11-19-7-1-2-8-19/h3-6,9,12,18H,1-2,7-8,10-11H2. The average Bonchev–Trinajstić information content (AvgIpc) is 3.10. The first-order valence-corrected chi connectivity index (χ1v) is 8.75. The van der Waals surface area contributed by atoms with E-state index in [9.17, 15) is 0 Å². The zero-order valence-electron chi connectivity index (χ0n) is 11.4. The first-order chi connectivity index (χ1) is 9.79. The summed E-state index contributed by atoms with van der Waals surface area (Å²) in [6.45, 7) is 4.50. The smallest absolute Gasteiger partial charge is 0.0494 e. The van der Waals surface area contributed by atoms with E-state index in [2.05, 4.69) is 61.9 Å². The highest BCUT2D eigenvalue weighted by molar-refractivity contribution is 9.10.